The quantitative estimate of drug-likeness (QED) is 0.605. The maximum atomic E-state index is 2.38. The first-order valence-electron chi connectivity index (χ1n) is 8.15. The molecule has 0 atom stereocenters. The third kappa shape index (κ3) is 5.14. The van der Waals surface area contributed by atoms with Gasteiger partial charge in [0.15, 0.2) is 7.14 Å². The minimum Gasteiger partial charge on any atom is -0.0654 e. The SMILES string of the molecule is CCCCc1cccc([I+]c2ccccc2)c1CCCC. The Hall–Kier alpha value is -0.830. The van der Waals surface area contributed by atoms with E-state index in [1.54, 1.807) is 14.7 Å². The van der Waals surface area contributed by atoms with Crippen LogP contribution in [0.1, 0.15) is 50.7 Å². The Morgan fingerprint density at radius 1 is 0.762 bits per heavy atom. The number of hydrogen-bond acceptors (Lipinski definition) is 0. The molecule has 0 unspecified atom stereocenters. The minimum absolute atomic E-state index is 0.0434. The van der Waals surface area contributed by atoms with E-state index >= 15 is 0 Å². The lowest BCUT2D eigenvalue weighted by Crippen LogP contribution is -3.61. The summed E-state index contributed by atoms with van der Waals surface area (Å²) in [4.78, 5) is 0. The third-order valence-corrected chi connectivity index (χ3v) is 6.67. The fourth-order valence-corrected chi connectivity index (χ4v) is 5.30. The second-order valence-corrected chi connectivity index (χ2v) is 8.42. The Labute approximate surface area is 140 Å². The van der Waals surface area contributed by atoms with Crippen molar-refractivity contribution in [2.45, 2.75) is 52.4 Å². The number of unbranched alkanes of at least 4 members (excludes halogenated alkanes) is 2. The van der Waals surface area contributed by atoms with Crippen LogP contribution in [0.15, 0.2) is 48.5 Å². The summed E-state index contributed by atoms with van der Waals surface area (Å²) in [7, 11) is 0. The largest absolute Gasteiger partial charge is 0.358 e. The smallest absolute Gasteiger partial charge is 0.0654 e. The summed E-state index contributed by atoms with van der Waals surface area (Å²) in [5.41, 5.74) is 3.28. The molecule has 0 saturated heterocycles. The highest BCUT2D eigenvalue weighted by Gasteiger charge is 2.21. The average Bonchev–Trinajstić information content (AvgIpc) is 2.53. The molecule has 0 amide bonds. The molecule has 1 heteroatoms. The molecule has 0 aliphatic rings. The average molecular weight is 393 g/mol. The molecule has 0 nitrogen and oxygen atoms in total. The maximum absolute atomic E-state index is 2.38. The monoisotopic (exact) mass is 393 g/mol. The number of hydrogen-bond donors (Lipinski definition) is 0. The van der Waals surface area contributed by atoms with Crippen molar-refractivity contribution in [3.05, 3.63) is 66.8 Å². The first kappa shape index (κ1) is 16.5. The van der Waals surface area contributed by atoms with Crippen LogP contribution in [0.2, 0.25) is 0 Å². The van der Waals surface area contributed by atoms with Gasteiger partial charge in [0, 0.05) is 5.56 Å². The van der Waals surface area contributed by atoms with Gasteiger partial charge >= 0.3 is 21.2 Å². The van der Waals surface area contributed by atoms with Gasteiger partial charge in [-0.25, -0.2) is 0 Å². The molecule has 0 radical (unpaired) electrons. The van der Waals surface area contributed by atoms with E-state index in [1.165, 1.54) is 42.1 Å². The van der Waals surface area contributed by atoms with E-state index in [0.717, 1.165) is 0 Å². The zero-order valence-corrected chi connectivity index (χ0v) is 15.4. The summed E-state index contributed by atoms with van der Waals surface area (Å²) in [5, 5.41) is 0. The summed E-state index contributed by atoms with van der Waals surface area (Å²) >= 11 is -0.0434. The minimum atomic E-state index is -0.0434. The first-order valence-corrected chi connectivity index (χ1v) is 10.3. The molecule has 21 heavy (non-hydrogen) atoms. The van der Waals surface area contributed by atoms with E-state index in [-0.39, 0.29) is 21.2 Å². The molecule has 2 aromatic rings. The van der Waals surface area contributed by atoms with Gasteiger partial charge in [0.25, 0.3) is 0 Å². The molecule has 0 spiro atoms. The van der Waals surface area contributed by atoms with Crippen LogP contribution in [0.25, 0.3) is 0 Å². The normalized spacial score (nSPS) is 10.8. The van der Waals surface area contributed by atoms with Gasteiger partial charge in [0.2, 0.25) is 0 Å². The third-order valence-electron chi connectivity index (χ3n) is 3.74. The van der Waals surface area contributed by atoms with Crippen molar-refractivity contribution in [2.24, 2.45) is 0 Å². The number of benzene rings is 2. The summed E-state index contributed by atoms with van der Waals surface area (Å²) < 4.78 is 3.17. The molecule has 0 aliphatic carbocycles. The van der Waals surface area contributed by atoms with E-state index < -0.39 is 0 Å². The van der Waals surface area contributed by atoms with Crippen molar-refractivity contribution in [3.8, 4) is 0 Å². The lowest BCUT2D eigenvalue weighted by Gasteiger charge is -2.08. The number of aryl methyl sites for hydroxylation is 1. The molecule has 0 bridgehead atoms. The second kappa shape index (κ2) is 9.24. The standard InChI is InChI=1S/C20H26I/c1-3-5-11-17-12-10-16-20(19(17)15-6-4-2)21-18-13-8-7-9-14-18/h7-10,12-14,16H,3-6,11,15H2,1-2H3/q+1. The molecule has 2 aromatic carbocycles. The Bertz CT molecular complexity index is 531. The molecule has 0 aromatic heterocycles. The predicted molar refractivity (Wildman–Crippen MR) is 87.5 cm³/mol. The Morgan fingerprint density at radius 2 is 1.48 bits per heavy atom. The molecule has 2 rings (SSSR count). The highest BCUT2D eigenvalue weighted by atomic mass is 127. The molecular formula is C20H26I+. The van der Waals surface area contributed by atoms with E-state index in [2.05, 4.69) is 62.4 Å². The highest BCUT2D eigenvalue weighted by molar-refractivity contribution is 5.27. The van der Waals surface area contributed by atoms with Gasteiger partial charge in [-0.05, 0) is 49.4 Å². The van der Waals surface area contributed by atoms with Crippen LogP contribution < -0.4 is 21.2 Å². The van der Waals surface area contributed by atoms with Gasteiger partial charge in [-0.3, -0.25) is 0 Å². The molecule has 0 saturated carbocycles. The van der Waals surface area contributed by atoms with Crippen LogP contribution in [-0.2, 0) is 12.8 Å². The summed E-state index contributed by atoms with van der Waals surface area (Å²) in [6, 6.07) is 18.0. The highest BCUT2D eigenvalue weighted by Crippen LogP contribution is 2.15. The molecule has 0 heterocycles. The fraction of sp³-hybridized carbons (Fsp3) is 0.400. The van der Waals surface area contributed by atoms with Gasteiger partial charge in [0.1, 0.15) is 0 Å². The van der Waals surface area contributed by atoms with Crippen LogP contribution >= 0.6 is 0 Å². The number of rotatable bonds is 8. The molecule has 0 fully saturated rings. The van der Waals surface area contributed by atoms with Gasteiger partial charge in [0.05, 0.1) is 0 Å². The lowest BCUT2D eigenvalue weighted by molar-refractivity contribution is -0.598. The van der Waals surface area contributed by atoms with Crippen LogP contribution in [0.4, 0.5) is 0 Å². The van der Waals surface area contributed by atoms with Gasteiger partial charge in [-0.15, -0.1) is 0 Å². The summed E-state index contributed by atoms with van der Waals surface area (Å²) in [6.45, 7) is 4.58. The Kier molecular flexibility index (Phi) is 7.28. The van der Waals surface area contributed by atoms with Crippen LogP contribution in [0.3, 0.4) is 0 Å². The van der Waals surface area contributed by atoms with Crippen molar-refractivity contribution in [2.75, 3.05) is 0 Å². The van der Waals surface area contributed by atoms with Gasteiger partial charge < -0.3 is 0 Å². The van der Waals surface area contributed by atoms with Crippen molar-refractivity contribution in [1.82, 2.24) is 0 Å². The van der Waals surface area contributed by atoms with Crippen LogP contribution in [0, 0.1) is 7.14 Å². The molecule has 112 valence electrons. The Balaban J connectivity index is 2.25. The summed E-state index contributed by atoms with van der Waals surface area (Å²) in [5.74, 6) is 0. The summed E-state index contributed by atoms with van der Waals surface area (Å²) in [6.07, 6.45) is 7.71. The van der Waals surface area contributed by atoms with Gasteiger partial charge in [-0.1, -0.05) is 57.0 Å². The fourth-order valence-electron chi connectivity index (χ4n) is 2.52. The zero-order valence-electron chi connectivity index (χ0n) is 13.2. The van der Waals surface area contributed by atoms with E-state index in [9.17, 15) is 0 Å². The van der Waals surface area contributed by atoms with Crippen molar-refractivity contribution in [1.29, 1.82) is 0 Å². The van der Waals surface area contributed by atoms with Crippen LogP contribution in [-0.4, -0.2) is 0 Å². The van der Waals surface area contributed by atoms with Gasteiger partial charge in [-0.2, -0.15) is 0 Å². The van der Waals surface area contributed by atoms with Crippen molar-refractivity contribution >= 4 is 0 Å². The second-order valence-electron chi connectivity index (χ2n) is 5.47. The number of halogens is 1. The maximum Gasteiger partial charge on any atom is 0.358 e. The first-order chi connectivity index (χ1) is 10.3. The molecule has 0 aliphatic heterocycles. The van der Waals surface area contributed by atoms with Crippen molar-refractivity contribution < 1.29 is 21.2 Å². The topological polar surface area (TPSA) is 0 Å². The molecule has 0 N–H and O–H groups in total. The van der Waals surface area contributed by atoms with E-state index in [4.69, 9.17) is 0 Å². The van der Waals surface area contributed by atoms with Crippen molar-refractivity contribution in [3.63, 3.8) is 0 Å². The van der Waals surface area contributed by atoms with E-state index in [0.29, 0.717) is 0 Å². The van der Waals surface area contributed by atoms with E-state index in [1.807, 2.05) is 0 Å². The molecular weight excluding hydrogens is 367 g/mol. The predicted octanol–water partition coefficient (Wildman–Crippen LogP) is 2.50. The van der Waals surface area contributed by atoms with Crippen LogP contribution in [0.5, 0.6) is 0 Å². The Morgan fingerprint density at radius 3 is 2.19 bits per heavy atom. The lowest BCUT2D eigenvalue weighted by atomic mass is 9.98. The zero-order chi connectivity index (χ0) is 14.9.